The molecule has 5 nitrogen and oxygen atoms in total. The van der Waals surface area contributed by atoms with Crippen LogP contribution >= 0.6 is 0 Å². The number of rotatable bonds is 7. The van der Waals surface area contributed by atoms with Crippen LogP contribution in [0.3, 0.4) is 0 Å². The summed E-state index contributed by atoms with van der Waals surface area (Å²) >= 11 is 0. The lowest BCUT2D eigenvalue weighted by atomic mass is 10.0. The SMILES string of the molecule is Cc1ccc(N([C@H](C)C(=O)NC[C@@H](C)c2ccccc2)S(C)(=O)=O)cc1. The molecule has 140 valence electrons. The number of anilines is 1. The molecule has 0 aliphatic carbocycles. The summed E-state index contributed by atoms with van der Waals surface area (Å²) < 4.78 is 25.7. The quantitative estimate of drug-likeness (QED) is 0.810. The van der Waals surface area contributed by atoms with Gasteiger partial charge in [-0.1, -0.05) is 55.0 Å². The number of benzene rings is 2. The van der Waals surface area contributed by atoms with Gasteiger partial charge in [0.05, 0.1) is 11.9 Å². The van der Waals surface area contributed by atoms with Crippen molar-refractivity contribution in [1.29, 1.82) is 0 Å². The van der Waals surface area contributed by atoms with Gasteiger partial charge in [-0.25, -0.2) is 8.42 Å². The Hall–Kier alpha value is -2.34. The fraction of sp³-hybridized carbons (Fsp3) is 0.350. The minimum Gasteiger partial charge on any atom is -0.354 e. The van der Waals surface area contributed by atoms with E-state index in [0.717, 1.165) is 21.7 Å². The van der Waals surface area contributed by atoms with Crippen LogP contribution in [-0.4, -0.2) is 33.2 Å². The molecule has 0 aromatic heterocycles. The lowest BCUT2D eigenvalue weighted by Gasteiger charge is -2.28. The molecule has 0 heterocycles. The largest absolute Gasteiger partial charge is 0.354 e. The van der Waals surface area contributed by atoms with Crippen LogP contribution in [0.4, 0.5) is 5.69 Å². The van der Waals surface area contributed by atoms with E-state index in [1.807, 2.05) is 56.3 Å². The molecular weight excluding hydrogens is 348 g/mol. The fourth-order valence-electron chi connectivity index (χ4n) is 2.80. The van der Waals surface area contributed by atoms with Gasteiger partial charge < -0.3 is 5.32 Å². The standard InChI is InChI=1S/C20H26N2O3S/c1-15-10-12-19(13-11-15)22(26(4,24)25)17(3)20(23)21-14-16(2)18-8-6-5-7-9-18/h5-13,16-17H,14H2,1-4H3,(H,21,23)/t16-,17-/m1/s1. The van der Waals surface area contributed by atoms with Gasteiger partial charge in [-0.3, -0.25) is 9.10 Å². The topological polar surface area (TPSA) is 66.5 Å². The second kappa shape index (κ2) is 8.36. The molecule has 1 N–H and O–H groups in total. The molecule has 0 aliphatic heterocycles. The van der Waals surface area contributed by atoms with E-state index in [4.69, 9.17) is 0 Å². The van der Waals surface area contributed by atoms with Crippen LogP contribution in [0.5, 0.6) is 0 Å². The van der Waals surface area contributed by atoms with Gasteiger partial charge in [0.2, 0.25) is 15.9 Å². The zero-order valence-electron chi connectivity index (χ0n) is 15.6. The molecular formula is C20H26N2O3S. The Balaban J connectivity index is 2.11. The van der Waals surface area contributed by atoms with Crippen molar-refractivity contribution in [3.63, 3.8) is 0 Å². The predicted molar refractivity (Wildman–Crippen MR) is 106 cm³/mol. The second-order valence-corrected chi connectivity index (χ2v) is 8.49. The minimum absolute atomic E-state index is 0.137. The first-order valence-corrected chi connectivity index (χ1v) is 10.4. The van der Waals surface area contributed by atoms with Crippen molar-refractivity contribution in [2.75, 3.05) is 17.1 Å². The Morgan fingerprint density at radius 1 is 1.04 bits per heavy atom. The molecule has 0 saturated heterocycles. The number of carbonyl (C=O) groups excluding carboxylic acids is 1. The summed E-state index contributed by atoms with van der Waals surface area (Å²) in [6.07, 6.45) is 1.11. The number of sulfonamides is 1. The number of aryl methyl sites for hydroxylation is 1. The molecule has 0 spiro atoms. The van der Waals surface area contributed by atoms with Crippen molar-refractivity contribution < 1.29 is 13.2 Å². The smallest absolute Gasteiger partial charge is 0.243 e. The Kier molecular flexibility index (Phi) is 6.42. The van der Waals surface area contributed by atoms with Gasteiger partial charge in [0.15, 0.2) is 0 Å². The maximum absolute atomic E-state index is 12.6. The van der Waals surface area contributed by atoms with Crippen LogP contribution in [0.15, 0.2) is 54.6 Å². The van der Waals surface area contributed by atoms with Crippen molar-refractivity contribution in [1.82, 2.24) is 5.32 Å². The summed E-state index contributed by atoms with van der Waals surface area (Å²) in [6.45, 7) is 5.99. The molecule has 2 aromatic rings. The molecule has 0 unspecified atom stereocenters. The molecule has 2 atom stereocenters. The molecule has 0 bridgehead atoms. The Morgan fingerprint density at radius 3 is 2.15 bits per heavy atom. The Morgan fingerprint density at radius 2 is 1.62 bits per heavy atom. The van der Waals surface area contributed by atoms with Crippen molar-refractivity contribution in [3.8, 4) is 0 Å². The maximum atomic E-state index is 12.6. The van der Waals surface area contributed by atoms with E-state index in [-0.39, 0.29) is 11.8 Å². The summed E-state index contributed by atoms with van der Waals surface area (Å²) in [5, 5.41) is 2.87. The average Bonchev–Trinajstić information content (AvgIpc) is 2.60. The predicted octanol–water partition coefficient (Wildman–Crippen LogP) is 3.07. The lowest BCUT2D eigenvalue weighted by Crippen LogP contribution is -2.48. The van der Waals surface area contributed by atoms with Gasteiger partial charge in [-0.15, -0.1) is 0 Å². The highest BCUT2D eigenvalue weighted by Crippen LogP contribution is 2.21. The maximum Gasteiger partial charge on any atom is 0.243 e. The third-order valence-corrected chi connectivity index (χ3v) is 5.57. The van der Waals surface area contributed by atoms with Gasteiger partial charge in [0, 0.05) is 6.54 Å². The number of amides is 1. The van der Waals surface area contributed by atoms with Crippen LogP contribution in [0.1, 0.15) is 30.9 Å². The van der Waals surface area contributed by atoms with Gasteiger partial charge in [0.1, 0.15) is 6.04 Å². The summed E-state index contributed by atoms with van der Waals surface area (Å²) in [7, 11) is -3.59. The normalized spacial score (nSPS) is 13.7. The molecule has 0 saturated carbocycles. The van der Waals surface area contributed by atoms with E-state index < -0.39 is 16.1 Å². The van der Waals surface area contributed by atoms with Crippen molar-refractivity contribution in [2.24, 2.45) is 0 Å². The molecule has 0 aliphatic rings. The molecule has 6 heteroatoms. The van der Waals surface area contributed by atoms with Gasteiger partial charge >= 0.3 is 0 Å². The minimum atomic E-state index is -3.59. The lowest BCUT2D eigenvalue weighted by molar-refractivity contribution is -0.121. The van der Waals surface area contributed by atoms with Gasteiger partial charge in [-0.2, -0.15) is 0 Å². The molecule has 2 aromatic carbocycles. The van der Waals surface area contributed by atoms with Crippen LogP contribution in [0.25, 0.3) is 0 Å². The van der Waals surface area contributed by atoms with Crippen LogP contribution in [-0.2, 0) is 14.8 Å². The van der Waals surface area contributed by atoms with Gasteiger partial charge in [0.25, 0.3) is 0 Å². The average molecular weight is 375 g/mol. The van der Waals surface area contributed by atoms with E-state index in [2.05, 4.69) is 5.32 Å². The summed E-state index contributed by atoms with van der Waals surface area (Å²) in [4.78, 5) is 12.6. The molecule has 26 heavy (non-hydrogen) atoms. The van der Waals surface area contributed by atoms with Crippen LogP contribution in [0.2, 0.25) is 0 Å². The Labute approximate surface area is 156 Å². The number of carbonyl (C=O) groups is 1. The van der Waals surface area contributed by atoms with E-state index in [1.165, 1.54) is 0 Å². The van der Waals surface area contributed by atoms with E-state index >= 15 is 0 Å². The molecule has 0 fully saturated rings. The van der Waals surface area contributed by atoms with Crippen molar-refractivity contribution in [3.05, 3.63) is 65.7 Å². The monoisotopic (exact) mass is 374 g/mol. The summed E-state index contributed by atoms with van der Waals surface area (Å²) in [5.74, 6) is -0.183. The first-order valence-electron chi connectivity index (χ1n) is 8.59. The van der Waals surface area contributed by atoms with Crippen LogP contribution in [0, 0.1) is 6.92 Å². The molecule has 2 rings (SSSR count). The highest BCUT2D eigenvalue weighted by Gasteiger charge is 2.29. The molecule has 1 amide bonds. The third kappa shape index (κ3) is 5.08. The fourth-order valence-corrected chi connectivity index (χ4v) is 3.98. The van der Waals surface area contributed by atoms with E-state index in [0.29, 0.717) is 12.2 Å². The highest BCUT2D eigenvalue weighted by molar-refractivity contribution is 7.92. The number of nitrogens with zero attached hydrogens (tertiary/aromatic N) is 1. The number of nitrogens with one attached hydrogen (secondary N) is 1. The van der Waals surface area contributed by atoms with Gasteiger partial charge in [-0.05, 0) is 37.5 Å². The number of hydrogen-bond acceptors (Lipinski definition) is 3. The Bertz CT molecular complexity index is 833. The first-order chi connectivity index (χ1) is 12.2. The zero-order valence-corrected chi connectivity index (χ0v) is 16.5. The second-order valence-electron chi connectivity index (χ2n) is 6.63. The number of hydrogen-bond donors (Lipinski definition) is 1. The van der Waals surface area contributed by atoms with Crippen molar-refractivity contribution in [2.45, 2.75) is 32.7 Å². The van der Waals surface area contributed by atoms with Crippen molar-refractivity contribution >= 4 is 21.6 Å². The third-order valence-electron chi connectivity index (χ3n) is 4.33. The van der Waals surface area contributed by atoms with Crippen LogP contribution < -0.4 is 9.62 Å². The molecule has 0 radical (unpaired) electrons. The van der Waals surface area contributed by atoms with E-state index in [9.17, 15) is 13.2 Å². The first kappa shape index (κ1) is 20.0. The zero-order chi connectivity index (χ0) is 19.3. The van der Waals surface area contributed by atoms with E-state index in [1.54, 1.807) is 19.1 Å². The highest BCUT2D eigenvalue weighted by atomic mass is 32.2. The summed E-state index contributed by atoms with van der Waals surface area (Å²) in [6, 6.07) is 16.1. The summed E-state index contributed by atoms with van der Waals surface area (Å²) in [5.41, 5.74) is 2.63.